The summed E-state index contributed by atoms with van der Waals surface area (Å²) in [6, 6.07) is 12.6. The van der Waals surface area contributed by atoms with Crippen LogP contribution in [-0.2, 0) is 14.8 Å². The molecule has 180 valence electrons. The van der Waals surface area contributed by atoms with Gasteiger partial charge in [-0.25, -0.2) is 13.8 Å². The molecule has 0 aliphatic heterocycles. The lowest BCUT2D eigenvalue weighted by molar-refractivity contribution is -0.119. The van der Waals surface area contributed by atoms with Crippen LogP contribution >= 0.6 is 15.9 Å². The van der Waals surface area contributed by atoms with E-state index in [9.17, 15) is 13.2 Å². The minimum atomic E-state index is -4.09. The highest BCUT2D eigenvalue weighted by Gasteiger charge is 2.28. The van der Waals surface area contributed by atoms with E-state index in [4.69, 9.17) is 13.9 Å². The number of hydrazone groups is 1. The van der Waals surface area contributed by atoms with Crippen molar-refractivity contribution < 1.29 is 27.1 Å². The van der Waals surface area contributed by atoms with E-state index < -0.39 is 22.5 Å². The smallest absolute Gasteiger partial charge is 0.264 e. The van der Waals surface area contributed by atoms with E-state index in [1.165, 1.54) is 44.7 Å². The maximum atomic E-state index is 13.5. The Kier molecular flexibility index (Phi) is 8.00. The van der Waals surface area contributed by atoms with Crippen LogP contribution in [0.3, 0.4) is 0 Å². The average Bonchev–Trinajstić information content (AvgIpc) is 3.14. The van der Waals surface area contributed by atoms with E-state index in [1.54, 1.807) is 31.2 Å². The largest absolute Gasteiger partial charge is 0.493 e. The fraction of sp³-hybridized carbons (Fsp3) is 0.217. The quantitative estimate of drug-likeness (QED) is 0.318. The fourth-order valence-corrected chi connectivity index (χ4v) is 4.73. The van der Waals surface area contributed by atoms with Crippen LogP contribution in [0.5, 0.6) is 11.5 Å². The maximum Gasteiger partial charge on any atom is 0.264 e. The molecule has 11 heteroatoms. The number of carbonyl (C=O) groups excluding carboxylic acids is 1. The highest BCUT2D eigenvalue weighted by atomic mass is 79.9. The van der Waals surface area contributed by atoms with Crippen molar-refractivity contribution in [1.29, 1.82) is 0 Å². The SMILES string of the molecule is COc1ccc(N(CC(=O)N/N=C\c2cc(Br)c(C)o2)S(=O)(=O)c2ccc(C)cc2)cc1OC. The van der Waals surface area contributed by atoms with Crippen LogP contribution in [0.2, 0.25) is 0 Å². The van der Waals surface area contributed by atoms with Crippen LogP contribution in [0.4, 0.5) is 5.69 Å². The summed E-state index contributed by atoms with van der Waals surface area (Å²) in [6.45, 7) is 3.11. The van der Waals surface area contributed by atoms with Gasteiger partial charge in [-0.2, -0.15) is 5.10 Å². The Bertz CT molecular complexity index is 1280. The summed E-state index contributed by atoms with van der Waals surface area (Å²) in [6.07, 6.45) is 1.32. The van der Waals surface area contributed by atoms with Crippen molar-refractivity contribution in [3.05, 3.63) is 70.1 Å². The predicted molar refractivity (Wildman–Crippen MR) is 132 cm³/mol. The van der Waals surface area contributed by atoms with Crippen LogP contribution in [0.15, 0.2) is 67.4 Å². The maximum absolute atomic E-state index is 13.5. The summed E-state index contributed by atoms with van der Waals surface area (Å²) >= 11 is 3.33. The molecule has 0 saturated heterocycles. The number of furan rings is 1. The second kappa shape index (κ2) is 10.7. The van der Waals surface area contributed by atoms with Crippen LogP contribution in [0.1, 0.15) is 17.1 Å². The number of ether oxygens (including phenoxy) is 2. The van der Waals surface area contributed by atoms with Crippen molar-refractivity contribution in [3.8, 4) is 11.5 Å². The highest BCUT2D eigenvalue weighted by Crippen LogP contribution is 2.33. The summed E-state index contributed by atoms with van der Waals surface area (Å²) in [5, 5.41) is 3.86. The normalized spacial score (nSPS) is 11.4. The van der Waals surface area contributed by atoms with E-state index in [1.807, 2.05) is 6.92 Å². The molecule has 0 bridgehead atoms. The summed E-state index contributed by atoms with van der Waals surface area (Å²) in [4.78, 5) is 12.7. The number of anilines is 1. The van der Waals surface area contributed by atoms with E-state index in [-0.39, 0.29) is 10.6 Å². The van der Waals surface area contributed by atoms with Crippen molar-refractivity contribution >= 4 is 43.8 Å². The average molecular weight is 550 g/mol. The molecule has 1 aromatic heterocycles. The van der Waals surface area contributed by atoms with Gasteiger partial charge in [-0.05, 0) is 54.0 Å². The number of nitrogens with one attached hydrogen (secondary N) is 1. The van der Waals surface area contributed by atoms with Crippen molar-refractivity contribution in [2.45, 2.75) is 18.7 Å². The number of hydrogen-bond donors (Lipinski definition) is 1. The highest BCUT2D eigenvalue weighted by molar-refractivity contribution is 9.10. The molecule has 9 nitrogen and oxygen atoms in total. The van der Waals surface area contributed by atoms with Gasteiger partial charge in [0.15, 0.2) is 11.5 Å². The van der Waals surface area contributed by atoms with Gasteiger partial charge < -0.3 is 13.9 Å². The number of aryl methyl sites for hydroxylation is 2. The van der Waals surface area contributed by atoms with Crippen molar-refractivity contribution in [1.82, 2.24) is 5.43 Å². The Morgan fingerprint density at radius 1 is 1.09 bits per heavy atom. The first-order chi connectivity index (χ1) is 16.1. The van der Waals surface area contributed by atoms with E-state index in [0.29, 0.717) is 23.0 Å². The standard InChI is InChI=1S/C23H24BrN3O6S/c1-15-5-8-19(9-6-15)34(29,30)27(17-7-10-21(31-3)22(11-17)32-4)14-23(28)26-25-13-18-12-20(24)16(2)33-18/h5-13H,14H2,1-4H3,(H,26,28)/b25-13-. The van der Waals surface area contributed by atoms with Gasteiger partial charge in [-0.3, -0.25) is 9.10 Å². The fourth-order valence-electron chi connectivity index (χ4n) is 3.01. The molecule has 3 aromatic rings. The van der Waals surface area contributed by atoms with E-state index in [0.717, 1.165) is 14.3 Å². The van der Waals surface area contributed by atoms with Gasteiger partial charge in [0.1, 0.15) is 18.1 Å². The first kappa shape index (κ1) is 25.3. The van der Waals surface area contributed by atoms with Crippen LogP contribution < -0.4 is 19.2 Å². The molecule has 0 atom stereocenters. The third-order valence-electron chi connectivity index (χ3n) is 4.81. The van der Waals surface area contributed by atoms with E-state index >= 15 is 0 Å². The first-order valence-electron chi connectivity index (χ1n) is 10.0. The minimum Gasteiger partial charge on any atom is -0.493 e. The summed E-state index contributed by atoms with van der Waals surface area (Å²) in [7, 11) is -1.17. The van der Waals surface area contributed by atoms with Gasteiger partial charge in [-0.1, -0.05) is 17.7 Å². The van der Waals surface area contributed by atoms with Gasteiger partial charge >= 0.3 is 0 Å². The van der Waals surface area contributed by atoms with Gasteiger partial charge in [0.2, 0.25) is 0 Å². The van der Waals surface area contributed by atoms with Gasteiger partial charge in [0, 0.05) is 12.1 Å². The predicted octanol–water partition coefficient (Wildman–Crippen LogP) is 4.02. The number of carbonyl (C=O) groups is 1. The molecule has 3 rings (SSSR count). The van der Waals surface area contributed by atoms with Crippen LogP contribution in [0, 0.1) is 13.8 Å². The Balaban J connectivity index is 1.91. The first-order valence-corrected chi connectivity index (χ1v) is 12.3. The van der Waals surface area contributed by atoms with Crippen molar-refractivity contribution in [2.75, 3.05) is 25.1 Å². The van der Waals surface area contributed by atoms with Gasteiger partial charge in [0.25, 0.3) is 15.9 Å². The number of methoxy groups -OCH3 is 2. The summed E-state index contributed by atoms with van der Waals surface area (Å²) in [5.74, 6) is 1.18. The molecule has 2 aromatic carbocycles. The molecule has 0 spiro atoms. The molecule has 1 amide bonds. The van der Waals surface area contributed by atoms with E-state index in [2.05, 4.69) is 26.5 Å². The molecule has 0 aliphatic carbocycles. The molecule has 1 heterocycles. The minimum absolute atomic E-state index is 0.0418. The Hall–Kier alpha value is -3.31. The zero-order chi connectivity index (χ0) is 24.9. The molecule has 0 saturated carbocycles. The van der Waals surface area contributed by atoms with Crippen molar-refractivity contribution in [3.63, 3.8) is 0 Å². The third kappa shape index (κ3) is 5.78. The number of nitrogens with zero attached hydrogens (tertiary/aromatic N) is 2. The lowest BCUT2D eigenvalue weighted by atomic mass is 10.2. The zero-order valence-electron chi connectivity index (χ0n) is 19.0. The lowest BCUT2D eigenvalue weighted by Crippen LogP contribution is -2.39. The second-order valence-corrected chi connectivity index (χ2v) is 9.93. The molecule has 0 aliphatic rings. The molecular formula is C23H24BrN3O6S. The molecular weight excluding hydrogens is 526 g/mol. The number of amides is 1. The van der Waals surface area contributed by atoms with Crippen LogP contribution in [0.25, 0.3) is 0 Å². The molecule has 34 heavy (non-hydrogen) atoms. The number of halogens is 1. The van der Waals surface area contributed by atoms with Crippen molar-refractivity contribution in [2.24, 2.45) is 5.10 Å². The van der Waals surface area contributed by atoms with Gasteiger partial charge in [-0.15, -0.1) is 0 Å². The third-order valence-corrected chi connectivity index (χ3v) is 7.38. The number of sulfonamides is 1. The summed E-state index contributed by atoms with van der Waals surface area (Å²) < 4.78 is 44.7. The number of hydrogen-bond acceptors (Lipinski definition) is 7. The molecule has 0 unspecified atom stereocenters. The Labute approximate surface area is 206 Å². The lowest BCUT2D eigenvalue weighted by Gasteiger charge is -2.24. The second-order valence-electron chi connectivity index (χ2n) is 7.21. The summed E-state index contributed by atoms with van der Waals surface area (Å²) in [5.41, 5.74) is 3.47. The number of rotatable bonds is 9. The molecule has 0 radical (unpaired) electrons. The van der Waals surface area contributed by atoms with Gasteiger partial charge in [0.05, 0.1) is 35.5 Å². The Morgan fingerprint density at radius 2 is 1.76 bits per heavy atom. The number of benzene rings is 2. The monoisotopic (exact) mass is 549 g/mol. The van der Waals surface area contributed by atoms with Crippen LogP contribution in [-0.4, -0.2) is 41.3 Å². The zero-order valence-corrected chi connectivity index (χ0v) is 21.4. The topological polar surface area (TPSA) is 110 Å². The Morgan fingerprint density at radius 3 is 2.35 bits per heavy atom. The molecule has 1 N–H and O–H groups in total. The molecule has 0 fully saturated rings.